The average Bonchev–Trinajstić information content (AvgIpc) is 3.71. The number of benzene rings is 7. The third-order valence-corrected chi connectivity index (χ3v) is 12.3. The minimum Gasteiger partial charge on any atom is -0.310 e. The van der Waals surface area contributed by atoms with E-state index < -0.39 is 0 Å². The van der Waals surface area contributed by atoms with Gasteiger partial charge in [-0.15, -0.1) is 22.7 Å². The zero-order chi connectivity index (χ0) is 30.6. The fourth-order valence-electron chi connectivity index (χ4n) is 7.81. The van der Waals surface area contributed by atoms with Gasteiger partial charge in [0.15, 0.2) is 0 Å². The van der Waals surface area contributed by atoms with Crippen molar-refractivity contribution < 1.29 is 0 Å². The monoisotopic (exact) mass is 623 g/mol. The quantitative estimate of drug-likeness (QED) is 0.189. The maximum atomic E-state index is 2.50. The summed E-state index contributed by atoms with van der Waals surface area (Å²) in [4.78, 5) is 2.50. The average molecular weight is 624 g/mol. The lowest BCUT2D eigenvalue weighted by Gasteiger charge is -2.28. The molecule has 0 aliphatic heterocycles. The summed E-state index contributed by atoms with van der Waals surface area (Å²) >= 11 is 3.77. The number of hydrogen-bond donors (Lipinski definition) is 0. The summed E-state index contributed by atoms with van der Waals surface area (Å²) < 4.78 is 5.27. The van der Waals surface area contributed by atoms with Crippen molar-refractivity contribution in [2.45, 2.75) is 19.3 Å². The van der Waals surface area contributed by atoms with Crippen LogP contribution in [0.25, 0.3) is 62.2 Å². The van der Waals surface area contributed by atoms with Crippen LogP contribution in [-0.2, 0) is 5.41 Å². The Balaban J connectivity index is 1.27. The Bertz CT molecular complexity index is 2690. The Morgan fingerprint density at radius 3 is 2.02 bits per heavy atom. The minimum absolute atomic E-state index is 0.0318. The summed E-state index contributed by atoms with van der Waals surface area (Å²) in [6, 6.07) is 52.2. The van der Waals surface area contributed by atoms with E-state index in [2.05, 4.69) is 158 Å². The molecule has 0 atom stereocenters. The minimum atomic E-state index is -0.0318. The molecule has 0 saturated heterocycles. The topological polar surface area (TPSA) is 3.24 Å². The molecule has 0 unspecified atom stereocenters. The summed E-state index contributed by atoms with van der Waals surface area (Å²) in [5.74, 6) is 0. The van der Waals surface area contributed by atoms with E-state index >= 15 is 0 Å². The Labute approximate surface area is 275 Å². The second-order valence-electron chi connectivity index (χ2n) is 13.0. The Morgan fingerprint density at radius 1 is 0.457 bits per heavy atom. The van der Waals surface area contributed by atoms with E-state index in [1.165, 1.54) is 90.4 Å². The van der Waals surface area contributed by atoms with E-state index in [1.54, 1.807) is 0 Å². The van der Waals surface area contributed by atoms with Crippen LogP contribution in [0.2, 0.25) is 0 Å². The maximum absolute atomic E-state index is 2.50. The van der Waals surface area contributed by atoms with E-state index in [4.69, 9.17) is 0 Å². The molecular formula is C43H29NS2. The Hall–Kier alpha value is -4.96. The molecule has 0 amide bonds. The van der Waals surface area contributed by atoms with Crippen LogP contribution in [0.5, 0.6) is 0 Å². The van der Waals surface area contributed by atoms with Crippen LogP contribution in [0, 0.1) is 0 Å². The van der Waals surface area contributed by atoms with Crippen molar-refractivity contribution in [2.75, 3.05) is 4.90 Å². The molecule has 2 aromatic heterocycles. The van der Waals surface area contributed by atoms with Crippen LogP contribution in [0.4, 0.5) is 17.1 Å². The van der Waals surface area contributed by atoms with Gasteiger partial charge in [0.05, 0.1) is 5.69 Å². The van der Waals surface area contributed by atoms with Crippen LogP contribution < -0.4 is 4.90 Å². The SMILES string of the molecule is CC1(C)c2ccccc2-c2cc(N(c3ccc4c(c3)sc3ccccc34)c3cccc4sc5cc6ccccc6cc5c34)ccc21. The van der Waals surface area contributed by atoms with Gasteiger partial charge in [-0.2, -0.15) is 0 Å². The summed E-state index contributed by atoms with van der Waals surface area (Å²) in [7, 11) is 0. The normalized spacial score (nSPS) is 13.6. The fraction of sp³-hybridized carbons (Fsp3) is 0.0698. The summed E-state index contributed by atoms with van der Waals surface area (Å²) in [5.41, 5.74) is 9.01. The number of nitrogens with zero attached hydrogens (tertiary/aromatic N) is 1. The molecule has 0 saturated carbocycles. The molecule has 0 fully saturated rings. The molecule has 1 nitrogen and oxygen atoms in total. The zero-order valence-corrected chi connectivity index (χ0v) is 27.2. The molecule has 3 heteroatoms. The standard InChI is InChI=1S/C43H29NS2/c1-43(2)35-14-7-5-12-30(35)33-24-28(19-21-36(33)43)44(29-18-20-32-31-13-6-8-16-38(31)45-41(32)25-29)37-15-9-17-39-42(37)34-22-26-10-3-4-11-27(26)23-40(34)46-39/h3-25H,1-2H3. The first kappa shape index (κ1) is 26.3. The van der Waals surface area contributed by atoms with Crippen molar-refractivity contribution in [3.05, 3.63) is 151 Å². The van der Waals surface area contributed by atoms with Crippen molar-refractivity contribution >= 4 is 90.9 Å². The van der Waals surface area contributed by atoms with E-state index in [1.807, 2.05) is 22.7 Å². The van der Waals surface area contributed by atoms with Gasteiger partial charge in [-0.3, -0.25) is 0 Å². The van der Waals surface area contributed by atoms with Gasteiger partial charge in [-0.05, 0) is 87.6 Å². The number of thiophene rings is 2. The molecule has 10 rings (SSSR count). The first-order valence-electron chi connectivity index (χ1n) is 15.8. The summed E-state index contributed by atoms with van der Waals surface area (Å²) in [6.45, 7) is 4.71. The molecule has 0 bridgehead atoms. The van der Waals surface area contributed by atoms with Gasteiger partial charge >= 0.3 is 0 Å². The Morgan fingerprint density at radius 2 is 1.11 bits per heavy atom. The second-order valence-corrected chi connectivity index (χ2v) is 15.1. The lowest BCUT2D eigenvalue weighted by Crippen LogP contribution is -2.15. The molecule has 1 aliphatic rings. The van der Waals surface area contributed by atoms with Gasteiger partial charge < -0.3 is 4.90 Å². The third kappa shape index (κ3) is 3.67. The van der Waals surface area contributed by atoms with Gasteiger partial charge in [-0.1, -0.05) is 98.8 Å². The first-order valence-corrected chi connectivity index (χ1v) is 17.5. The fourth-order valence-corrected chi connectivity index (χ4v) is 10.1. The molecule has 2 heterocycles. The first-order chi connectivity index (χ1) is 22.5. The molecular weight excluding hydrogens is 595 g/mol. The largest absolute Gasteiger partial charge is 0.310 e. The van der Waals surface area contributed by atoms with Gasteiger partial charge in [0.2, 0.25) is 0 Å². The molecule has 0 N–H and O–H groups in total. The van der Waals surface area contributed by atoms with Crippen LogP contribution in [0.3, 0.4) is 0 Å². The molecule has 0 radical (unpaired) electrons. The highest BCUT2D eigenvalue weighted by Crippen LogP contribution is 2.52. The predicted octanol–water partition coefficient (Wildman–Crippen LogP) is 13.4. The lowest BCUT2D eigenvalue weighted by molar-refractivity contribution is 0.660. The van der Waals surface area contributed by atoms with Gasteiger partial charge in [0, 0.05) is 57.1 Å². The van der Waals surface area contributed by atoms with E-state index in [0.717, 1.165) is 0 Å². The highest BCUT2D eigenvalue weighted by Gasteiger charge is 2.35. The summed E-state index contributed by atoms with van der Waals surface area (Å²) in [5, 5.41) is 7.84. The van der Waals surface area contributed by atoms with Crippen molar-refractivity contribution in [3.63, 3.8) is 0 Å². The van der Waals surface area contributed by atoms with Crippen LogP contribution in [0.1, 0.15) is 25.0 Å². The lowest BCUT2D eigenvalue weighted by atomic mass is 9.82. The third-order valence-electron chi connectivity index (χ3n) is 10.0. The van der Waals surface area contributed by atoms with Crippen LogP contribution in [-0.4, -0.2) is 0 Å². The van der Waals surface area contributed by atoms with Crippen LogP contribution >= 0.6 is 22.7 Å². The van der Waals surface area contributed by atoms with E-state index in [-0.39, 0.29) is 5.41 Å². The highest BCUT2D eigenvalue weighted by atomic mass is 32.1. The summed E-state index contributed by atoms with van der Waals surface area (Å²) in [6.07, 6.45) is 0. The number of anilines is 3. The van der Waals surface area contributed by atoms with Crippen molar-refractivity contribution in [1.29, 1.82) is 0 Å². The Kier molecular flexibility index (Phi) is 5.44. The maximum Gasteiger partial charge on any atom is 0.0554 e. The van der Waals surface area contributed by atoms with Crippen molar-refractivity contribution in [2.24, 2.45) is 0 Å². The molecule has 46 heavy (non-hydrogen) atoms. The van der Waals surface area contributed by atoms with Gasteiger partial charge in [0.1, 0.15) is 0 Å². The number of fused-ring (bicyclic) bond motifs is 10. The van der Waals surface area contributed by atoms with Crippen molar-refractivity contribution in [1.82, 2.24) is 0 Å². The molecule has 9 aromatic rings. The van der Waals surface area contributed by atoms with Crippen LogP contribution in [0.15, 0.2) is 140 Å². The number of rotatable bonds is 3. The van der Waals surface area contributed by atoms with Crippen molar-refractivity contribution in [3.8, 4) is 11.1 Å². The predicted molar refractivity (Wildman–Crippen MR) is 202 cm³/mol. The van der Waals surface area contributed by atoms with Gasteiger partial charge in [-0.25, -0.2) is 0 Å². The molecule has 0 spiro atoms. The number of hydrogen-bond acceptors (Lipinski definition) is 3. The van der Waals surface area contributed by atoms with Gasteiger partial charge in [0.25, 0.3) is 0 Å². The smallest absolute Gasteiger partial charge is 0.0554 e. The zero-order valence-electron chi connectivity index (χ0n) is 25.5. The van der Waals surface area contributed by atoms with E-state index in [9.17, 15) is 0 Å². The molecule has 1 aliphatic carbocycles. The van der Waals surface area contributed by atoms with E-state index in [0.29, 0.717) is 0 Å². The second kappa shape index (κ2) is 9.53. The highest BCUT2D eigenvalue weighted by molar-refractivity contribution is 7.26. The molecule has 218 valence electrons. The molecule has 7 aromatic carbocycles.